The number of hydrogen-bond acceptors (Lipinski definition) is 3. The van der Waals surface area contributed by atoms with E-state index in [2.05, 4.69) is 0 Å². The molecule has 1 unspecified atom stereocenters. The number of benzene rings is 1. The van der Waals surface area contributed by atoms with Gasteiger partial charge in [-0.3, -0.25) is 4.90 Å². The van der Waals surface area contributed by atoms with E-state index in [0.717, 1.165) is 12.6 Å². The highest BCUT2D eigenvalue weighted by Crippen LogP contribution is 2.23. The standard InChI is InChI=1S/C14H16F2N2S/c1-18(9-11-3-2-6-19-11)14(8-17)10-4-5-12(15)13(16)7-10/h2-7,14H,8-9,17H2,1H3. The number of thiophene rings is 1. The lowest BCUT2D eigenvalue weighted by Crippen LogP contribution is -2.30. The number of nitrogens with zero attached hydrogens (tertiary/aromatic N) is 1. The second-order valence-corrected chi connectivity index (χ2v) is 5.45. The Hall–Kier alpha value is -1.30. The van der Waals surface area contributed by atoms with Crippen LogP contribution < -0.4 is 5.73 Å². The third-order valence-corrected chi connectivity index (χ3v) is 3.93. The minimum atomic E-state index is -0.833. The van der Waals surface area contributed by atoms with E-state index in [4.69, 9.17) is 5.73 Å². The summed E-state index contributed by atoms with van der Waals surface area (Å²) in [4.78, 5) is 3.25. The van der Waals surface area contributed by atoms with Gasteiger partial charge in [0.1, 0.15) is 0 Å². The van der Waals surface area contributed by atoms with E-state index in [9.17, 15) is 8.78 Å². The lowest BCUT2D eigenvalue weighted by atomic mass is 10.1. The van der Waals surface area contributed by atoms with Crippen LogP contribution in [0.5, 0.6) is 0 Å². The van der Waals surface area contributed by atoms with Crippen molar-refractivity contribution in [2.75, 3.05) is 13.6 Å². The minimum Gasteiger partial charge on any atom is -0.329 e. The highest BCUT2D eigenvalue weighted by Gasteiger charge is 2.17. The third kappa shape index (κ3) is 3.37. The fourth-order valence-corrected chi connectivity index (χ4v) is 2.82. The molecular formula is C14H16F2N2S. The van der Waals surface area contributed by atoms with Crippen molar-refractivity contribution in [2.24, 2.45) is 5.73 Å². The summed E-state index contributed by atoms with van der Waals surface area (Å²) in [5.74, 6) is -1.67. The average Bonchev–Trinajstić information content (AvgIpc) is 2.87. The third-order valence-electron chi connectivity index (χ3n) is 3.07. The summed E-state index contributed by atoms with van der Waals surface area (Å²) < 4.78 is 26.2. The first-order chi connectivity index (χ1) is 9.11. The zero-order chi connectivity index (χ0) is 13.8. The van der Waals surface area contributed by atoms with E-state index < -0.39 is 11.6 Å². The van der Waals surface area contributed by atoms with Crippen molar-refractivity contribution in [2.45, 2.75) is 12.6 Å². The van der Waals surface area contributed by atoms with Crippen LogP contribution in [0.4, 0.5) is 8.78 Å². The molecule has 19 heavy (non-hydrogen) atoms. The van der Waals surface area contributed by atoms with Crippen molar-refractivity contribution in [3.63, 3.8) is 0 Å². The molecule has 2 aromatic rings. The van der Waals surface area contributed by atoms with E-state index in [1.807, 2.05) is 29.5 Å². The monoisotopic (exact) mass is 282 g/mol. The summed E-state index contributed by atoms with van der Waals surface area (Å²) in [7, 11) is 1.93. The van der Waals surface area contributed by atoms with Crippen LogP contribution in [0.1, 0.15) is 16.5 Å². The Morgan fingerprint density at radius 1 is 1.26 bits per heavy atom. The lowest BCUT2D eigenvalue weighted by molar-refractivity contribution is 0.243. The molecule has 0 bridgehead atoms. The molecule has 2 N–H and O–H groups in total. The van der Waals surface area contributed by atoms with Gasteiger partial charge in [-0.15, -0.1) is 11.3 Å². The van der Waals surface area contributed by atoms with E-state index in [-0.39, 0.29) is 6.04 Å². The lowest BCUT2D eigenvalue weighted by Gasteiger charge is -2.27. The summed E-state index contributed by atoms with van der Waals surface area (Å²) >= 11 is 1.66. The van der Waals surface area contributed by atoms with Gasteiger partial charge in [0.15, 0.2) is 11.6 Å². The summed E-state index contributed by atoms with van der Waals surface area (Å²) in [6, 6.07) is 7.85. The maximum atomic E-state index is 13.3. The van der Waals surface area contributed by atoms with Crippen LogP contribution in [-0.4, -0.2) is 18.5 Å². The van der Waals surface area contributed by atoms with Crippen molar-refractivity contribution in [1.29, 1.82) is 0 Å². The van der Waals surface area contributed by atoms with Gasteiger partial charge in [0.2, 0.25) is 0 Å². The molecule has 1 aromatic heterocycles. The molecule has 0 aliphatic heterocycles. The van der Waals surface area contributed by atoms with Crippen LogP contribution in [0.3, 0.4) is 0 Å². The first-order valence-electron chi connectivity index (χ1n) is 5.99. The van der Waals surface area contributed by atoms with E-state index in [1.54, 1.807) is 17.4 Å². The molecule has 0 amide bonds. The van der Waals surface area contributed by atoms with Gasteiger partial charge < -0.3 is 5.73 Å². The highest BCUT2D eigenvalue weighted by atomic mass is 32.1. The molecule has 0 radical (unpaired) electrons. The summed E-state index contributed by atoms with van der Waals surface area (Å²) in [6.07, 6.45) is 0. The molecule has 0 spiro atoms. The first-order valence-corrected chi connectivity index (χ1v) is 6.87. The van der Waals surface area contributed by atoms with Gasteiger partial charge in [0, 0.05) is 24.0 Å². The summed E-state index contributed by atoms with van der Waals surface area (Å²) in [6.45, 7) is 1.09. The molecule has 1 heterocycles. The molecular weight excluding hydrogens is 266 g/mol. The van der Waals surface area contributed by atoms with Crippen molar-refractivity contribution in [3.8, 4) is 0 Å². The fourth-order valence-electron chi connectivity index (χ4n) is 2.05. The van der Waals surface area contributed by atoms with Crippen LogP contribution in [0, 0.1) is 11.6 Å². The number of rotatable bonds is 5. The quantitative estimate of drug-likeness (QED) is 0.912. The molecule has 0 saturated heterocycles. The SMILES string of the molecule is CN(Cc1cccs1)C(CN)c1ccc(F)c(F)c1. The van der Waals surface area contributed by atoms with Gasteiger partial charge in [-0.1, -0.05) is 12.1 Å². The molecule has 0 fully saturated rings. The van der Waals surface area contributed by atoms with Crippen LogP contribution in [0.15, 0.2) is 35.7 Å². The predicted molar refractivity (Wildman–Crippen MR) is 73.9 cm³/mol. The second-order valence-electron chi connectivity index (χ2n) is 4.42. The minimum absolute atomic E-state index is 0.128. The van der Waals surface area contributed by atoms with E-state index in [0.29, 0.717) is 12.1 Å². The Morgan fingerprint density at radius 2 is 2.05 bits per heavy atom. The Bertz CT molecular complexity index is 528. The van der Waals surface area contributed by atoms with Gasteiger partial charge in [-0.2, -0.15) is 0 Å². The van der Waals surface area contributed by atoms with Crippen LogP contribution >= 0.6 is 11.3 Å². The number of likely N-dealkylation sites (N-methyl/N-ethyl adjacent to an activating group) is 1. The largest absolute Gasteiger partial charge is 0.329 e. The van der Waals surface area contributed by atoms with Crippen molar-refractivity contribution in [1.82, 2.24) is 4.90 Å². The zero-order valence-electron chi connectivity index (χ0n) is 10.6. The highest BCUT2D eigenvalue weighted by molar-refractivity contribution is 7.09. The molecule has 0 aliphatic rings. The Kier molecular flexibility index (Phi) is 4.63. The molecule has 102 valence electrons. The van der Waals surface area contributed by atoms with E-state index in [1.165, 1.54) is 10.9 Å². The summed E-state index contributed by atoms with van der Waals surface area (Å²) in [5, 5.41) is 2.01. The Balaban J connectivity index is 2.16. The van der Waals surface area contributed by atoms with Crippen LogP contribution in [0.25, 0.3) is 0 Å². The van der Waals surface area contributed by atoms with Crippen molar-refractivity contribution < 1.29 is 8.78 Å². The van der Waals surface area contributed by atoms with Gasteiger partial charge >= 0.3 is 0 Å². The smallest absolute Gasteiger partial charge is 0.159 e. The molecule has 1 aromatic carbocycles. The maximum Gasteiger partial charge on any atom is 0.159 e. The van der Waals surface area contributed by atoms with E-state index >= 15 is 0 Å². The van der Waals surface area contributed by atoms with Crippen LogP contribution in [-0.2, 0) is 6.54 Å². The summed E-state index contributed by atoms with van der Waals surface area (Å²) in [5.41, 5.74) is 6.46. The number of halogens is 2. The molecule has 5 heteroatoms. The molecule has 0 aliphatic carbocycles. The van der Waals surface area contributed by atoms with Crippen molar-refractivity contribution >= 4 is 11.3 Å². The maximum absolute atomic E-state index is 13.3. The molecule has 2 nitrogen and oxygen atoms in total. The zero-order valence-corrected chi connectivity index (χ0v) is 11.5. The first kappa shape index (κ1) is 14.1. The fraction of sp³-hybridized carbons (Fsp3) is 0.286. The van der Waals surface area contributed by atoms with Gasteiger partial charge in [0.05, 0.1) is 0 Å². The predicted octanol–water partition coefficient (Wildman–Crippen LogP) is 3.16. The molecule has 1 atom stereocenters. The number of nitrogens with two attached hydrogens (primary N) is 1. The Labute approximate surface area is 115 Å². The Morgan fingerprint density at radius 3 is 2.63 bits per heavy atom. The number of hydrogen-bond donors (Lipinski definition) is 1. The van der Waals surface area contributed by atoms with Gasteiger partial charge in [-0.05, 0) is 36.2 Å². The molecule has 2 rings (SSSR count). The molecule has 0 saturated carbocycles. The topological polar surface area (TPSA) is 29.3 Å². The van der Waals surface area contributed by atoms with Gasteiger partial charge in [0.25, 0.3) is 0 Å². The average molecular weight is 282 g/mol. The van der Waals surface area contributed by atoms with Crippen LogP contribution in [0.2, 0.25) is 0 Å². The second kappa shape index (κ2) is 6.23. The van der Waals surface area contributed by atoms with Gasteiger partial charge in [-0.25, -0.2) is 8.78 Å². The van der Waals surface area contributed by atoms with Crippen molar-refractivity contribution in [3.05, 3.63) is 57.8 Å². The normalized spacial score (nSPS) is 12.9.